The van der Waals surface area contributed by atoms with E-state index in [0.717, 1.165) is 5.56 Å². The minimum absolute atomic E-state index is 0.0211. The summed E-state index contributed by atoms with van der Waals surface area (Å²) in [5.74, 6) is -0.531. The van der Waals surface area contributed by atoms with Crippen molar-refractivity contribution in [3.8, 4) is 0 Å². The van der Waals surface area contributed by atoms with E-state index >= 15 is 0 Å². The fraction of sp³-hybridized carbons (Fsp3) is 0.571. The molecule has 0 saturated carbocycles. The summed E-state index contributed by atoms with van der Waals surface area (Å²) in [6.07, 6.45) is -4.21. The molecule has 1 aliphatic rings. The summed E-state index contributed by atoms with van der Waals surface area (Å²) < 4.78 is 39.6. The van der Waals surface area contributed by atoms with Gasteiger partial charge in [-0.2, -0.15) is 13.2 Å². The largest absolute Gasteiger partial charge is 0.395 e. The van der Waals surface area contributed by atoms with Crippen LogP contribution < -0.4 is 5.73 Å². The van der Waals surface area contributed by atoms with Crippen molar-refractivity contribution < 1.29 is 13.2 Å². The summed E-state index contributed by atoms with van der Waals surface area (Å²) in [5, 5.41) is 0. The molecular formula is C14H19F3N2. The number of likely N-dealkylation sites (tertiary alicyclic amines) is 1. The fourth-order valence-corrected chi connectivity index (χ4v) is 2.79. The highest BCUT2D eigenvalue weighted by Gasteiger charge is 2.59. The van der Waals surface area contributed by atoms with Crippen LogP contribution in [0.25, 0.3) is 0 Å². The van der Waals surface area contributed by atoms with Gasteiger partial charge in [-0.15, -0.1) is 0 Å². The smallest absolute Gasteiger partial charge is 0.330 e. The molecular weight excluding hydrogens is 253 g/mol. The van der Waals surface area contributed by atoms with E-state index < -0.39 is 17.5 Å². The SMILES string of the molecule is C[C@@]1(C(F)(F)F)CN(Cc2ccccc2)C[C@H]1CN. The summed E-state index contributed by atoms with van der Waals surface area (Å²) in [7, 11) is 0. The first-order valence-electron chi connectivity index (χ1n) is 6.40. The molecule has 1 saturated heterocycles. The number of alkyl halides is 3. The summed E-state index contributed by atoms with van der Waals surface area (Å²) in [6, 6.07) is 9.56. The van der Waals surface area contributed by atoms with E-state index in [1.807, 2.05) is 35.2 Å². The Bertz CT molecular complexity index is 418. The molecule has 1 heterocycles. The maximum atomic E-state index is 13.2. The molecule has 0 unspecified atom stereocenters. The van der Waals surface area contributed by atoms with Crippen molar-refractivity contribution >= 4 is 0 Å². The summed E-state index contributed by atoms with van der Waals surface area (Å²) in [6.45, 7) is 2.33. The van der Waals surface area contributed by atoms with Crippen molar-refractivity contribution in [2.24, 2.45) is 17.1 Å². The highest BCUT2D eigenvalue weighted by atomic mass is 19.4. The van der Waals surface area contributed by atoms with E-state index in [9.17, 15) is 13.2 Å². The molecule has 5 heteroatoms. The van der Waals surface area contributed by atoms with E-state index in [0.29, 0.717) is 13.1 Å². The second-order valence-corrected chi connectivity index (χ2v) is 5.50. The first-order chi connectivity index (χ1) is 8.87. The predicted molar refractivity (Wildman–Crippen MR) is 68.4 cm³/mol. The maximum absolute atomic E-state index is 13.2. The minimum atomic E-state index is -4.21. The van der Waals surface area contributed by atoms with Crippen LogP contribution in [0.15, 0.2) is 30.3 Å². The molecule has 1 aliphatic heterocycles. The lowest BCUT2D eigenvalue weighted by molar-refractivity contribution is -0.224. The van der Waals surface area contributed by atoms with Gasteiger partial charge in [0, 0.05) is 19.6 Å². The number of halogens is 3. The highest BCUT2D eigenvalue weighted by molar-refractivity contribution is 5.15. The third kappa shape index (κ3) is 2.77. The van der Waals surface area contributed by atoms with Gasteiger partial charge in [0.05, 0.1) is 5.41 Å². The molecule has 0 aromatic heterocycles. The molecule has 106 valence electrons. The molecule has 0 radical (unpaired) electrons. The van der Waals surface area contributed by atoms with Gasteiger partial charge < -0.3 is 5.73 Å². The Morgan fingerprint density at radius 1 is 1.32 bits per heavy atom. The zero-order valence-corrected chi connectivity index (χ0v) is 11.0. The lowest BCUT2D eigenvalue weighted by Crippen LogP contribution is -2.44. The number of benzene rings is 1. The summed E-state index contributed by atoms with van der Waals surface area (Å²) >= 11 is 0. The normalized spacial score (nSPS) is 28.8. The van der Waals surface area contributed by atoms with Crippen LogP contribution in [0.3, 0.4) is 0 Å². The van der Waals surface area contributed by atoms with Crippen LogP contribution in [0.2, 0.25) is 0 Å². The van der Waals surface area contributed by atoms with Crippen LogP contribution in [0.5, 0.6) is 0 Å². The van der Waals surface area contributed by atoms with Crippen LogP contribution in [0.1, 0.15) is 12.5 Å². The Morgan fingerprint density at radius 3 is 2.42 bits per heavy atom. The minimum Gasteiger partial charge on any atom is -0.330 e. The lowest BCUT2D eigenvalue weighted by atomic mass is 9.79. The second-order valence-electron chi connectivity index (χ2n) is 5.50. The van der Waals surface area contributed by atoms with Gasteiger partial charge in [0.2, 0.25) is 0 Å². The molecule has 2 rings (SSSR count). The van der Waals surface area contributed by atoms with Gasteiger partial charge in [0.25, 0.3) is 0 Å². The van der Waals surface area contributed by atoms with Crippen LogP contribution in [-0.2, 0) is 6.54 Å². The molecule has 0 spiro atoms. The monoisotopic (exact) mass is 272 g/mol. The zero-order valence-electron chi connectivity index (χ0n) is 11.0. The standard InChI is InChI=1S/C14H19F3N2/c1-13(14(15,16)17)10-19(9-12(13)7-18)8-11-5-3-2-4-6-11/h2-6,12H,7-10,18H2,1H3/t12-,13-/m1/s1. The van der Waals surface area contributed by atoms with E-state index in [4.69, 9.17) is 5.73 Å². The van der Waals surface area contributed by atoms with Gasteiger partial charge in [-0.25, -0.2) is 0 Å². The van der Waals surface area contributed by atoms with Crippen molar-refractivity contribution in [3.63, 3.8) is 0 Å². The third-order valence-electron chi connectivity index (χ3n) is 4.11. The average Bonchev–Trinajstić information content (AvgIpc) is 2.67. The predicted octanol–water partition coefficient (Wildman–Crippen LogP) is 2.65. The molecule has 19 heavy (non-hydrogen) atoms. The molecule has 0 amide bonds. The molecule has 1 aromatic rings. The molecule has 1 aromatic carbocycles. The first kappa shape index (κ1) is 14.3. The molecule has 2 N–H and O–H groups in total. The van der Waals surface area contributed by atoms with Crippen LogP contribution in [0.4, 0.5) is 13.2 Å². The topological polar surface area (TPSA) is 29.3 Å². The van der Waals surface area contributed by atoms with Crippen molar-refractivity contribution in [2.45, 2.75) is 19.6 Å². The van der Waals surface area contributed by atoms with Crippen molar-refractivity contribution in [1.82, 2.24) is 4.90 Å². The number of nitrogens with zero attached hydrogens (tertiary/aromatic N) is 1. The molecule has 0 aliphatic carbocycles. The Labute approximate surface area is 111 Å². The quantitative estimate of drug-likeness (QED) is 0.916. The van der Waals surface area contributed by atoms with Gasteiger partial charge in [0.1, 0.15) is 0 Å². The fourth-order valence-electron chi connectivity index (χ4n) is 2.79. The zero-order chi connectivity index (χ0) is 14.1. The average molecular weight is 272 g/mol. The van der Waals surface area contributed by atoms with Gasteiger partial charge in [-0.1, -0.05) is 30.3 Å². The van der Waals surface area contributed by atoms with E-state index in [-0.39, 0.29) is 13.1 Å². The molecule has 2 atom stereocenters. The Hall–Kier alpha value is -1.07. The number of nitrogens with two attached hydrogens (primary N) is 1. The number of hydrogen-bond acceptors (Lipinski definition) is 2. The summed E-state index contributed by atoms with van der Waals surface area (Å²) in [5.41, 5.74) is 4.87. The lowest BCUT2D eigenvalue weighted by Gasteiger charge is -2.32. The Kier molecular flexibility index (Phi) is 3.87. The highest BCUT2D eigenvalue weighted by Crippen LogP contribution is 2.48. The summed E-state index contributed by atoms with van der Waals surface area (Å²) in [4.78, 5) is 1.85. The van der Waals surface area contributed by atoms with Gasteiger partial charge in [-0.3, -0.25) is 4.90 Å². The number of hydrogen-bond donors (Lipinski definition) is 1. The Morgan fingerprint density at radius 2 is 1.95 bits per heavy atom. The van der Waals surface area contributed by atoms with Crippen LogP contribution in [0, 0.1) is 11.3 Å². The van der Waals surface area contributed by atoms with Crippen molar-refractivity contribution in [1.29, 1.82) is 0 Å². The van der Waals surface area contributed by atoms with Crippen molar-refractivity contribution in [3.05, 3.63) is 35.9 Å². The van der Waals surface area contributed by atoms with Gasteiger partial charge in [-0.05, 0) is 24.9 Å². The van der Waals surface area contributed by atoms with Crippen molar-refractivity contribution in [2.75, 3.05) is 19.6 Å². The maximum Gasteiger partial charge on any atom is 0.395 e. The first-order valence-corrected chi connectivity index (χ1v) is 6.40. The molecule has 0 bridgehead atoms. The molecule has 1 fully saturated rings. The van der Waals surface area contributed by atoms with Crippen LogP contribution >= 0.6 is 0 Å². The molecule has 2 nitrogen and oxygen atoms in total. The van der Waals surface area contributed by atoms with E-state index in [2.05, 4.69) is 0 Å². The van der Waals surface area contributed by atoms with E-state index in [1.165, 1.54) is 6.92 Å². The van der Waals surface area contributed by atoms with Gasteiger partial charge in [0.15, 0.2) is 0 Å². The van der Waals surface area contributed by atoms with E-state index in [1.54, 1.807) is 0 Å². The number of rotatable bonds is 3. The third-order valence-corrected chi connectivity index (χ3v) is 4.11. The van der Waals surface area contributed by atoms with Crippen LogP contribution in [-0.4, -0.2) is 30.7 Å². The Balaban J connectivity index is 2.11. The second kappa shape index (κ2) is 5.13. The van der Waals surface area contributed by atoms with Gasteiger partial charge >= 0.3 is 6.18 Å².